The zero-order valence-corrected chi connectivity index (χ0v) is 17.0. The van der Waals surface area contributed by atoms with Gasteiger partial charge in [0.1, 0.15) is 5.75 Å². The van der Waals surface area contributed by atoms with E-state index in [1.54, 1.807) is 12.1 Å². The molecule has 4 rings (SSSR count). The lowest BCUT2D eigenvalue weighted by atomic mass is 10.1. The lowest BCUT2D eigenvalue weighted by Crippen LogP contribution is -2.25. The molecule has 160 valence electrons. The van der Waals surface area contributed by atoms with Crippen molar-refractivity contribution in [2.75, 3.05) is 0 Å². The number of hydrogen-bond donors (Lipinski definition) is 1. The number of para-hydroxylation sites is 2. The van der Waals surface area contributed by atoms with Crippen molar-refractivity contribution < 1.29 is 17.9 Å². The van der Waals surface area contributed by atoms with Gasteiger partial charge < -0.3 is 13.9 Å². The van der Waals surface area contributed by atoms with E-state index in [1.165, 1.54) is 23.3 Å². The van der Waals surface area contributed by atoms with Crippen LogP contribution in [-0.4, -0.2) is 15.5 Å². The van der Waals surface area contributed by atoms with E-state index in [9.17, 15) is 13.2 Å². The molecule has 0 atom stereocenters. The first kappa shape index (κ1) is 20.8. The first-order chi connectivity index (χ1) is 14.8. The van der Waals surface area contributed by atoms with Gasteiger partial charge in [0.25, 0.3) is 0 Å². The highest BCUT2D eigenvalue weighted by Gasteiger charge is 2.30. The minimum atomic E-state index is -4.71. The topological polar surface area (TPSA) is 42.9 Å². The largest absolute Gasteiger partial charge is 0.573 e. The number of aryl methyl sites for hydroxylation is 3. The van der Waals surface area contributed by atoms with Crippen LogP contribution in [0.4, 0.5) is 13.2 Å². The summed E-state index contributed by atoms with van der Waals surface area (Å²) in [6.07, 6.45) is -3.91. The van der Waals surface area contributed by atoms with E-state index >= 15 is 0 Å². The van der Waals surface area contributed by atoms with Gasteiger partial charge in [-0.1, -0.05) is 54.1 Å². The van der Waals surface area contributed by atoms with Crippen LogP contribution >= 0.6 is 0 Å². The molecule has 1 aromatic heterocycles. The lowest BCUT2D eigenvalue weighted by molar-refractivity contribution is -0.274. The predicted octanol–water partition coefficient (Wildman–Crippen LogP) is 5.42. The molecule has 0 bridgehead atoms. The molecule has 4 aromatic rings. The molecule has 3 aromatic carbocycles. The summed E-state index contributed by atoms with van der Waals surface area (Å²) < 4.78 is 44.9. The molecule has 0 aliphatic carbocycles. The number of halogens is 3. The summed E-state index contributed by atoms with van der Waals surface area (Å²) >= 11 is 0. The number of nitrogens with zero attached hydrogens (tertiary/aromatic N) is 2. The average Bonchev–Trinajstić information content (AvgIpc) is 2.99. The first-order valence-corrected chi connectivity index (χ1v) is 9.93. The minimum Gasteiger partial charge on any atom is -0.406 e. The Labute approximate surface area is 177 Å². The normalized spacial score (nSPS) is 11.7. The fraction of sp³-hybridized carbons (Fsp3) is 0.208. The molecule has 31 heavy (non-hydrogen) atoms. The standard InChI is InChI=1S/C24H22F3N3O/c1-17-6-8-18(9-7-17)14-15-29-21-4-2-3-5-22(21)30(23(29)28)16-19-10-12-20(13-11-19)31-24(25,26)27/h2-13,28H,14-16H2,1H3. The van der Waals surface area contributed by atoms with Crippen LogP contribution < -0.4 is 10.4 Å². The summed E-state index contributed by atoms with van der Waals surface area (Å²) in [7, 11) is 0. The Kier molecular flexibility index (Phi) is 5.59. The maximum atomic E-state index is 12.4. The van der Waals surface area contributed by atoms with Gasteiger partial charge in [-0.3, -0.25) is 5.41 Å². The van der Waals surface area contributed by atoms with Gasteiger partial charge in [0.2, 0.25) is 5.62 Å². The fourth-order valence-corrected chi connectivity index (χ4v) is 3.66. The van der Waals surface area contributed by atoms with Crippen LogP contribution in [0.15, 0.2) is 72.8 Å². The Morgan fingerprint density at radius 2 is 1.39 bits per heavy atom. The van der Waals surface area contributed by atoms with Crippen LogP contribution in [-0.2, 0) is 19.5 Å². The zero-order chi connectivity index (χ0) is 22.0. The van der Waals surface area contributed by atoms with Gasteiger partial charge in [-0.2, -0.15) is 0 Å². The third kappa shape index (κ3) is 4.82. The van der Waals surface area contributed by atoms with Crippen molar-refractivity contribution in [3.8, 4) is 5.75 Å². The highest BCUT2D eigenvalue weighted by Crippen LogP contribution is 2.23. The number of rotatable bonds is 6. The highest BCUT2D eigenvalue weighted by atomic mass is 19.4. The molecular weight excluding hydrogens is 403 g/mol. The Hall–Kier alpha value is -3.48. The van der Waals surface area contributed by atoms with Crippen LogP contribution in [0.1, 0.15) is 16.7 Å². The highest BCUT2D eigenvalue weighted by molar-refractivity contribution is 5.76. The number of imidazole rings is 1. The number of ether oxygens (including phenoxy) is 1. The fourth-order valence-electron chi connectivity index (χ4n) is 3.66. The van der Waals surface area contributed by atoms with Crippen LogP contribution in [0.2, 0.25) is 0 Å². The summed E-state index contributed by atoms with van der Waals surface area (Å²) in [6, 6.07) is 21.9. The van der Waals surface area contributed by atoms with Gasteiger partial charge in [0.05, 0.1) is 17.6 Å². The number of alkyl halides is 3. The molecule has 0 unspecified atom stereocenters. The number of benzene rings is 3. The monoisotopic (exact) mass is 425 g/mol. The summed E-state index contributed by atoms with van der Waals surface area (Å²) in [6.45, 7) is 3.09. The van der Waals surface area contributed by atoms with E-state index in [0.29, 0.717) is 18.7 Å². The van der Waals surface area contributed by atoms with Crippen molar-refractivity contribution in [3.63, 3.8) is 0 Å². The van der Waals surface area contributed by atoms with Crippen molar-refractivity contribution in [1.82, 2.24) is 9.13 Å². The van der Waals surface area contributed by atoms with Crippen molar-refractivity contribution in [3.05, 3.63) is 95.1 Å². The van der Waals surface area contributed by atoms with Gasteiger partial charge in [0, 0.05) is 6.54 Å². The van der Waals surface area contributed by atoms with Crippen molar-refractivity contribution in [2.24, 2.45) is 0 Å². The molecule has 0 saturated carbocycles. The number of nitrogens with one attached hydrogen (secondary N) is 1. The Bertz CT molecular complexity index is 1240. The molecule has 0 saturated heterocycles. The average molecular weight is 425 g/mol. The van der Waals surface area contributed by atoms with Crippen molar-refractivity contribution >= 4 is 11.0 Å². The molecule has 1 N–H and O–H groups in total. The maximum Gasteiger partial charge on any atom is 0.573 e. The van der Waals surface area contributed by atoms with Crippen molar-refractivity contribution in [2.45, 2.75) is 32.8 Å². The molecule has 0 aliphatic heterocycles. The lowest BCUT2D eigenvalue weighted by Gasteiger charge is -2.10. The Balaban J connectivity index is 1.60. The first-order valence-electron chi connectivity index (χ1n) is 9.93. The van der Waals surface area contributed by atoms with Gasteiger partial charge >= 0.3 is 6.36 Å². The quantitative estimate of drug-likeness (QED) is 0.440. The molecular formula is C24H22F3N3O. The summed E-state index contributed by atoms with van der Waals surface area (Å²) in [5, 5.41) is 8.74. The minimum absolute atomic E-state index is 0.257. The zero-order valence-electron chi connectivity index (χ0n) is 17.0. The Morgan fingerprint density at radius 1 is 0.806 bits per heavy atom. The van der Waals surface area contributed by atoms with E-state index in [4.69, 9.17) is 5.41 Å². The number of hydrogen-bond acceptors (Lipinski definition) is 2. The maximum absolute atomic E-state index is 12.4. The van der Waals surface area contributed by atoms with E-state index in [-0.39, 0.29) is 5.75 Å². The number of aromatic nitrogens is 2. The molecule has 4 nitrogen and oxygen atoms in total. The van der Waals surface area contributed by atoms with Crippen LogP contribution in [0, 0.1) is 12.3 Å². The predicted molar refractivity (Wildman–Crippen MR) is 113 cm³/mol. The SMILES string of the molecule is Cc1ccc(CCn2c(=N)n(Cc3ccc(OC(F)(F)F)cc3)c3ccccc32)cc1. The second kappa shape index (κ2) is 8.34. The van der Waals surface area contributed by atoms with Crippen LogP contribution in [0.5, 0.6) is 5.75 Å². The Morgan fingerprint density at radius 3 is 2.00 bits per heavy atom. The van der Waals surface area contributed by atoms with Gasteiger partial charge in [0.15, 0.2) is 0 Å². The molecule has 0 radical (unpaired) electrons. The van der Waals surface area contributed by atoms with E-state index < -0.39 is 6.36 Å². The van der Waals surface area contributed by atoms with Crippen LogP contribution in [0.3, 0.4) is 0 Å². The van der Waals surface area contributed by atoms with E-state index in [0.717, 1.165) is 23.0 Å². The molecule has 0 aliphatic rings. The molecule has 7 heteroatoms. The molecule has 0 spiro atoms. The van der Waals surface area contributed by atoms with Crippen LogP contribution in [0.25, 0.3) is 11.0 Å². The van der Waals surface area contributed by atoms with Gasteiger partial charge in [-0.25, -0.2) is 0 Å². The summed E-state index contributed by atoms with van der Waals surface area (Å²) in [4.78, 5) is 0. The van der Waals surface area contributed by atoms with Crippen molar-refractivity contribution in [1.29, 1.82) is 5.41 Å². The van der Waals surface area contributed by atoms with E-state index in [2.05, 4.69) is 35.9 Å². The second-order valence-corrected chi connectivity index (χ2v) is 7.48. The summed E-state index contributed by atoms with van der Waals surface area (Å²) in [5.41, 5.74) is 5.41. The molecule has 0 amide bonds. The number of fused-ring (bicyclic) bond motifs is 1. The third-order valence-corrected chi connectivity index (χ3v) is 5.22. The third-order valence-electron chi connectivity index (χ3n) is 5.22. The molecule has 1 heterocycles. The van der Waals surface area contributed by atoms with Gasteiger partial charge in [-0.05, 0) is 48.7 Å². The second-order valence-electron chi connectivity index (χ2n) is 7.48. The summed E-state index contributed by atoms with van der Waals surface area (Å²) in [5.74, 6) is -0.257. The van der Waals surface area contributed by atoms with E-state index in [1.807, 2.05) is 33.4 Å². The van der Waals surface area contributed by atoms with Gasteiger partial charge in [-0.15, -0.1) is 13.2 Å². The molecule has 0 fully saturated rings. The smallest absolute Gasteiger partial charge is 0.406 e.